The average molecular weight is 416 g/mol. The smallest absolute Gasteiger partial charge is 0.228 e. The van der Waals surface area contributed by atoms with Crippen molar-refractivity contribution in [3.8, 4) is 0 Å². The molecule has 0 radical (unpaired) electrons. The molecule has 0 aliphatic carbocycles. The van der Waals surface area contributed by atoms with Crippen molar-refractivity contribution < 1.29 is 4.79 Å². The minimum Gasteiger partial charge on any atom is -0.326 e. The van der Waals surface area contributed by atoms with Crippen LogP contribution in [0.25, 0.3) is 0 Å². The second kappa shape index (κ2) is 6.33. The second-order valence-corrected chi connectivity index (χ2v) is 6.02. The van der Waals surface area contributed by atoms with E-state index in [0.717, 1.165) is 19.3 Å². The van der Waals surface area contributed by atoms with Crippen LogP contribution in [0.1, 0.15) is 5.56 Å². The van der Waals surface area contributed by atoms with Crippen LogP contribution in [0.2, 0.25) is 0 Å². The maximum atomic E-state index is 11.9. The van der Waals surface area contributed by atoms with Crippen LogP contribution in [0.4, 0.5) is 5.69 Å². The first-order valence-corrected chi connectivity index (χ1v) is 7.30. The van der Waals surface area contributed by atoms with Crippen molar-refractivity contribution in [2.75, 3.05) is 5.32 Å². The molecule has 0 saturated heterocycles. The van der Waals surface area contributed by atoms with Gasteiger partial charge in [-0.05, 0) is 58.5 Å². The molecule has 2 nitrogen and oxygen atoms in total. The largest absolute Gasteiger partial charge is 0.326 e. The lowest BCUT2D eigenvalue weighted by molar-refractivity contribution is -0.115. The topological polar surface area (TPSA) is 29.1 Å². The molecule has 0 spiro atoms. The number of carbonyl (C=O) groups is 1. The Morgan fingerprint density at radius 2 is 1.89 bits per heavy atom. The summed E-state index contributed by atoms with van der Waals surface area (Å²) in [5, 5.41) is 2.89. The van der Waals surface area contributed by atoms with Crippen LogP contribution in [-0.4, -0.2) is 5.91 Å². The summed E-state index contributed by atoms with van der Waals surface area (Å²) in [7, 11) is 0. The molecule has 0 bridgehead atoms. The van der Waals surface area contributed by atoms with E-state index in [2.05, 4.69) is 43.8 Å². The van der Waals surface area contributed by atoms with Gasteiger partial charge in [0.1, 0.15) is 0 Å². The first kappa shape index (κ1) is 13.5. The summed E-state index contributed by atoms with van der Waals surface area (Å²) in [5.41, 5.74) is 1.84. The summed E-state index contributed by atoms with van der Waals surface area (Å²) in [6, 6.07) is 15.5. The van der Waals surface area contributed by atoms with Crippen LogP contribution in [0, 0.1) is 3.57 Å². The van der Waals surface area contributed by atoms with Gasteiger partial charge in [-0.3, -0.25) is 4.79 Å². The molecule has 0 fully saturated rings. The minimum absolute atomic E-state index is 0.000627. The molecule has 92 valence electrons. The molecule has 0 heterocycles. The molecule has 1 amide bonds. The molecule has 0 atom stereocenters. The fraction of sp³-hybridized carbons (Fsp3) is 0.0714. The second-order valence-electron chi connectivity index (χ2n) is 3.86. The van der Waals surface area contributed by atoms with Crippen LogP contribution in [0.3, 0.4) is 0 Å². The van der Waals surface area contributed by atoms with Gasteiger partial charge >= 0.3 is 0 Å². The van der Waals surface area contributed by atoms with E-state index in [9.17, 15) is 4.79 Å². The molecule has 18 heavy (non-hydrogen) atoms. The summed E-state index contributed by atoms with van der Waals surface area (Å²) < 4.78 is 2.12. The Kier molecular flexibility index (Phi) is 4.77. The highest BCUT2D eigenvalue weighted by atomic mass is 127. The molecule has 0 aromatic heterocycles. The van der Waals surface area contributed by atoms with Gasteiger partial charge in [0.15, 0.2) is 0 Å². The molecule has 0 aliphatic heterocycles. The van der Waals surface area contributed by atoms with E-state index in [1.807, 2.05) is 48.5 Å². The third-order valence-electron chi connectivity index (χ3n) is 2.39. The van der Waals surface area contributed by atoms with Crippen molar-refractivity contribution in [3.05, 3.63) is 62.1 Å². The average Bonchev–Trinajstić information content (AvgIpc) is 2.32. The molecule has 0 saturated carbocycles. The first-order valence-electron chi connectivity index (χ1n) is 5.43. The summed E-state index contributed by atoms with van der Waals surface area (Å²) in [6.07, 6.45) is 0.388. The lowest BCUT2D eigenvalue weighted by Crippen LogP contribution is -2.14. The number of rotatable bonds is 3. The van der Waals surface area contributed by atoms with Gasteiger partial charge in [0.2, 0.25) is 5.91 Å². The highest BCUT2D eigenvalue weighted by Crippen LogP contribution is 2.14. The van der Waals surface area contributed by atoms with Gasteiger partial charge in [-0.2, -0.15) is 0 Å². The number of hydrogen-bond donors (Lipinski definition) is 1. The summed E-state index contributed by atoms with van der Waals surface area (Å²) in [4.78, 5) is 11.9. The third kappa shape index (κ3) is 4.10. The zero-order valence-electron chi connectivity index (χ0n) is 9.49. The zero-order valence-corrected chi connectivity index (χ0v) is 13.2. The van der Waals surface area contributed by atoms with Gasteiger partial charge in [-0.25, -0.2) is 0 Å². The number of amides is 1. The Morgan fingerprint density at radius 3 is 2.56 bits per heavy atom. The molecule has 2 rings (SSSR count). The van der Waals surface area contributed by atoms with Crippen LogP contribution in [0.5, 0.6) is 0 Å². The number of halogens is 2. The molecule has 0 unspecified atom stereocenters. The van der Waals surface area contributed by atoms with Crippen molar-refractivity contribution in [2.24, 2.45) is 0 Å². The fourth-order valence-electron chi connectivity index (χ4n) is 1.56. The van der Waals surface area contributed by atoms with Gasteiger partial charge in [0, 0.05) is 13.7 Å². The Morgan fingerprint density at radius 1 is 1.17 bits per heavy atom. The number of carbonyl (C=O) groups excluding carboxylic acids is 1. The SMILES string of the molecule is O=C(Cc1ccc(Br)cc1)Nc1cccc(I)c1. The zero-order chi connectivity index (χ0) is 13.0. The van der Waals surface area contributed by atoms with E-state index < -0.39 is 0 Å². The molecule has 1 N–H and O–H groups in total. The lowest BCUT2D eigenvalue weighted by atomic mass is 10.1. The van der Waals surface area contributed by atoms with Crippen molar-refractivity contribution in [1.82, 2.24) is 0 Å². The number of nitrogens with one attached hydrogen (secondary N) is 1. The maximum absolute atomic E-state index is 11.9. The lowest BCUT2D eigenvalue weighted by Gasteiger charge is -2.05. The fourth-order valence-corrected chi connectivity index (χ4v) is 2.37. The van der Waals surface area contributed by atoms with Gasteiger partial charge in [-0.1, -0.05) is 34.1 Å². The van der Waals surface area contributed by atoms with Gasteiger partial charge in [0.25, 0.3) is 0 Å². The Hall–Kier alpha value is -0.880. The van der Waals surface area contributed by atoms with Crippen LogP contribution >= 0.6 is 38.5 Å². The van der Waals surface area contributed by atoms with Gasteiger partial charge in [-0.15, -0.1) is 0 Å². The third-order valence-corrected chi connectivity index (χ3v) is 3.59. The van der Waals surface area contributed by atoms with Crippen LogP contribution in [-0.2, 0) is 11.2 Å². The molecule has 2 aromatic rings. The van der Waals surface area contributed by atoms with Crippen LogP contribution in [0.15, 0.2) is 53.0 Å². The number of benzene rings is 2. The minimum atomic E-state index is -0.000627. The Balaban J connectivity index is 1.98. The molecule has 2 aromatic carbocycles. The van der Waals surface area contributed by atoms with Crippen molar-refractivity contribution in [1.29, 1.82) is 0 Å². The molecule has 4 heteroatoms. The summed E-state index contributed by atoms with van der Waals surface area (Å²) in [6.45, 7) is 0. The van der Waals surface area contributed by atoms with E-state index in [1.54, 1.807) is 0 Å². The van der Waals surface area contributed by atoms with Crippen LogP contribution < -0.4 is 5.32 Å². The maximum Gasteiger partial charge on any atom is 0.228 e. The Bertz CT molecular complexity index is 554. The van der Waals surface area contributed by atoms with E-state index in [4.69, 9.17) is 0 Å². The molecule has 0 aliphatic rings. The van der Waals surface area contributed by atoms with Gasteiger partial charge in [0.05, 0.1) is 6.42 Å². The summed E-state index contributed by atoms with van der Waals surface area (Å²) >= 11 is 5.59. The van der Waals surface area contributed by atoms with E-state index in [0.29, 0.717) is 6.42 Å². The number of hydrogen-bond acceptors (Lipinski definition) is 1. The van der Waals surface area contributed by atoms with Gasteiger partial charge < -0.3 is 5.32 Å². The Labute approximate surface area is 128 Å². The van der Waals surface area contributed by atoms with Crippen molar-refractivity contribution >= 4 is 50.1 Å². The van der Waals surface area contributed by atoms with E-state index >= 15 is 0 Å². The summed E-state index contributed by atoms with van der Waals surface area (Å²) in [5.74, 6) is -0.000627. The van der Waals surface area contributed by atoms with E-state index in [1.165, 1.54) is 0 Å². The van der Waals surface area contributed by atoms with Crippen molar-refractivity contribution in [3.63, 3.8) is 0 Å². The molecular weight excluding hydrogens is 405 g/mol. The highest BCUT2D eigenvalue weighted by molar-refractivity contribution is 14.1. The quantitative estimate of drug-likeness (QED) is 0.746. The monoisotopic (exact) mass is 415 g/mol. The standard InChI is InChI=1S/C14H11BrINO/c15-11-6-4-10(5-7-11)8-14(18)17-13-3-1-2-12(16)9-13/h1-7,9H,8H2,(H,17,18). The van der Waals surface area contributed by atoms with E-state index in [-0.39, 0.29) is 5.91 Å². The predicted octanol–water partition coefficient (Wildman–Crippen LogP) is 4.23. The van der Waals surface area contributed by atoms with Crippen molar-refractivity contribution in [2.45, 2.75) is 6.42 Å². The molecular formula is C14H11BrINO. The predicted molar refractivity (Wildman–Crippen MR) is 85.6 cm³/mol. The number of anilines is 1. The first-order chi connectivity index (χ1) is 8.63. The normalized spacial score (nSPS) is 10.1. The highest BCUT2D eigenvalue weighted by Gasteiger charge is 2.04.